The average Bonchev–Trinajstić information content (AvgIpc) is 3.50. The first kappa shape index (κ1) is 20.0. The van der Waals surface area contributed by atoms with Gasteiger partial charge in [-0.05, 0) is 49.2 Å². The molecule has 162 valence electrons. The van der Waals surface area contributed by atoms with E-state index < -0.39 is 0 Å². The Morgan fingerprint density at radius 3 is 2.29 bits per heavy atom. The van der Waals surface area contributed by atoms with E-state index >= 15 is 0 Å². The molecule has 0 N–H and O–H groups in total. The fraction of sp³-hybridized carbons (Fsp3) is 0.417. The summed E-state index contributed by atoms with van der Waals surface area (Å²) in [6, 6.07) is 10.7. The Hall–Kier alpha value is -2.93. The summed E-state index contributed by atoms with van der Waals surface area (Å²) in [5.74, 6) is 0.377. The lowest BCUT2D eigenvalue weighted by Crippen LogP contribution is -2.52. The molecular weight excluding hydrogens is 393 g/mol. The van der Waals surface area contributed by atoms with E-state index in [1.54, 1.807) is 23.0 Å². The molecule has 0 radical (unpaired) electrons. The fourth-order valence-corrected chi connectivity index (χ4v) is 4.89. The highest BCUT2D eigenvalue weighted by Gasteiger charge is 2.30. The van der Waals surface area contributed by atoms with Crippen LogP contribution < -0.4 is 0 Å². The molecule has 7 heteroatoms. The number of hydrogen-bond acceptors (Lipinski definition) is 3. The standard InChI is InChI=1S/C24H28FN5O/c25-19-8-10-21(11-9-19)30-23(28-12-4-5-13-28)22(18-26-30)24(31)29-16-14-27(15-17-29)20-6-2-1-3-7-20/h4-5,8-13,18,20H,1-3,6-7,14-17H2. The zero-order chi connectivity index (χ0) is 21.2. The molecule has 1 saturated carbocycles. The molecule has 1 amide bonds. The van der Waals surface area contributed by atoms with E-state index in [0.717, 1.165) is 26.2 Å². The highest BCUT2D eigenvalue weighted by molar-refractivity contribution is 5.97. The van der Waals surface area contributed by atoms with Crippen molar-refractivity contribution in [2.45, 2.75) is 38.1 Å². The van der Waals surface area contributed by atoms with Crippen molar-refractivity contribution in [3.63, 3.8) is 0 Å². The van der Waals surface area contributed by atoms with Crippen molar-refractivity contribution in [3.05, 3.63) is 66.4 Å². The van der Waals surface area contributed by atoms with Gasteiger partial charge in [0.15, 0.2) is 5.82 Å². The van der Waals surface area contributed by atoms with Crippen molar-refractivity contribution < 1.29 is 9.18 Å². The van der Waals surface area contributed by atoms with Crippen LogP contribution in [0.25, 0.3) is 11.5 Å². The van der Waals surface area contributed by atoms with Crippen LogP contribution in [0.1, 0.15) is 42.5 Å². The smallest absolute Gasteiger partial charge is 0.259 e. The van der Waals surface area contributed by atoms with Gasteiger partial charge in [-0.2, -0.15) is 5.10 Å². The van der Waals surface area contributed by atoms with Gasteiger partial charge in [0, 0.05) is 44.6 Å². The summed E-state index contributed by atoms with van der Waals surface area (Å²) in [5, 5.41) is 4.49. The average molecular weight is 422 g/mol. The molecule has 0 unspecified atom stereocenters. The number of rotatable bonds is 4. The molecule has 31 heavy (non-hydrogen) atoms. The number of piperazine rings is 1. The van der Waals surface area contributed by atoms with Gasteiger partial charge >= 0.3 is 0 Å². The van der Waals surface area contributed by atoms with Crippen LogP contribution in [0.2, 0.25) is 0 Å². The molecule has 6 nitrogen and oxygen atoms in total. The van der Waals surface area contributed by atoms with Gasteiger partial charge in [0.05, 0.1) is 11.9 Å². The van der Waals surface area contributed by atoms with Gasteiger partial charge in [0.1, 0.15) is 11.4 Å². The van der Waals surface area contributed by atoms with Crippen LogP contribution in [0.3, 0.4) is 0 Å². The van der Waals surface area contributed by atoms with Crippen LogP contribution in [0.5, 0.6) is 0 Å². The number of carbonyl (C=O) groups excluding carboxylic acids is 1. The first-order valence-corrected chi connectivity index (χ1v) is 11.2. The molecule has 1 aromatic carbocycles. The van der Waals surface area contributed by atoms with E-state index in [4.69, 9.17) is 0 Å². The van der Waals surface area contributed by atoms with E-state index in [-0.39, 0.29) is 11.7 Å². The Morgan fingerprint density at radius 2 is 1.61 bits per heavy atom. The lowest BCUT2D eigenvalue weighted by molar-refractivity contribution is 0.0523. The zero-order valence-corrected chi connectivity index (χ0v) is 17.7. The number of benzene rings is 1. The van der Waals surface area contributed by atoms with Crippen molar-refractivity contribution in [3.8, 4) is 11.5 Å². The van der Waals surface area contributed by atoms with Gasteiger partial charge in [0.25, 0.3) is 5.91 Å². The molecule has 0 atom stereocenters. The summed E-state index contributed by atoms with van der Waals surface area (Å²) < 4.78 is 17.0. The van der Waals surface area contributed by atoms with Crippen molar-refractivity contribution >= 4 is 5.91 Å². The molecule has 1 saturated heterocycles. The third-order valence-corrected chi connectivity index (χ3v) is 6.59. The molecule has 1 aliphatic carbocycles. The third-order valence-electron chi connectivity index (χ3n) is 6.59. The molecule has 2 aromatic heterocycles. The van der Waals surface area contributed by atoms with Crippen LogP contribution in [0, 0.1) is 5.82 Å². The van der Waals surface area contributed by atoms with Crippen molar-refractivity contribution in [1.29, 1.82) is 0 Å². The Balaban J connectivity index is 1.38. The van der Waals surface area contributed by atoms with E-state index in [1.165, 1.54) is 44.2 Å². The summed E-state index contributed by atoms with van der Waals surface area (Å²) in [7, 11) is 0. The quantitative estimate of drug-likeness (QED) is 0.642. The first-order valence-electron chi connectivity index (χ1n) is 11.2. The summed E-state index contributed by atoms with van der Waals surface area (Å²) in [5.41, 5.74) is 1.28. The van der Waals surface area contributed by atoms with Gasteiger partial charge in [0.2, 0.25) is 0 Å². The maximum absolute atomic E-state index is 13.5. The summed E-state index contributed by atoms with van der Waals surface area (Å²) in [6.07, 6.45) is 12.0. The van der Waals surface area contributed by atoms with E-state index in [2.05, 4.69) is 10.00 Å². The highest BCUT2D eigenvalue weighted by Crippen LogP contribution is 2.25. The van der Waals surface area contributed by atoms with Crippen LogP contribution in [-0.4, -0.2) is 62.3 Å². The molecule has 0 bridgehead atoms. The summed E-state index contributed by atoms with van der Waals surface area (Å²) in [6.45, 7) is 3.34. The molecule has 5 rings (SSSR count). The summed E-state index contributed by atoms with van der Waals surface area (Å²) >= 11 is 0. The predicted octanol–water partition coefficient (Wildman–Crippen LogP) is 3.89. The second kappa shape index (κ2) is 8.67. The maximum atomic E-state index is 13.5. The Morgan fingerprint density at radius 1 is 0.935 bits per heavy atom. The van der Waals surface area contributed by atoms with Gasteiger partial charge in [-0.25, -0.2) is 9.07 Å². The molecule has 3 aromatic rings. The number of hydrogen-bond donors (Lipinski definition) is 0. The largest absolute Gasteiger partial charge is 0.336 e. The second-order valence-corrected chi connectivity index (χ2v) is 8.48. The van der Waals surface area contributed by atoms with Gasteiger partial charge in [-0.15, -0.1) is 0 Å². The fourth-order valence-electron chi connectivity index (χ4n) is 4.89. The van der Waals surface area contributed by atoms with Crippen LogP contribution in [-0.2, 0) is 0 Å². The van der Waals surface area contributed by atoms with Crippen LogP contribution in [0.4, 0.5) is 4.39 Å². The van der Waals surface area contributed by atoms with Crippen LogP contribution >= 0.6 is 0 Å². The first-order chi connectivity index (χ1) is 15.2. The minimum Gasteiger partial charge on any atom is -0.336 e. The maximum Gasteiger partial charge on any atom is 0.259 e. The van der Waals surface area contributed by atoms with Gasteiger partial charge < -0.3 is 9.47 Å². The zero-order valence-electron chi connectivity index (χ0n) is 17.7. The number of carbonyl (C=O) groups is 1. The topological polar surface area (TPSA) is 46.3 Å². The molecule has 1 aliphatic heterocycles. The number of nitrogens with zero attached hydrogens (tertiary/aromatic N) is 5. The van der Waals surface area contributed by atoms with Crippen molar-refractivity contribution in [2.24, 2.45) is 0 Å². The van der Waals surface area contributed by atoms with E-state index in [0.29, 0.717) is 23.1 Å². The number of aromatic nitrogens is 3. The monoisotopic (exact) mass is 421 g/mol. The van der Waals surface area contributed by atoms with E-state index in [9.17, 15) is 9.18 Å². The SMILES string of the molecule is O=C(c1cnn(-c2ccc(F)cc2)c1-n1cccc1)N1CCN(C2CCCCC2)CC1. The predicted molar refractivity (Wildman–Crippen MR) is 117 cm³/mol. The van der Waals surface area contributed by atoms with Crippen molar-refractivity contribution in [1.82, 2.24) is 24.1 Å². The minimum atomic E-state index is -0.300. The lowest BCUT2D eigenvalue weighted by Gasteiger charge is -2.40. The van der Waals surface area contributed by atoms with Gasteiger partial charge in [-0.1, -0.05) is 19.3 Å². The molecular formula is C24H28FN5O. The highest BCUT2D eigenvalue weighted by atomic mass is 19.1. The Labute approximate surface area is 181 Å². The summed E-state index contributed by atoms with van der Waals surface area (Å²) in [4.78, 5) is 18.0. The van der Waals surface area contributed by atoms with Crippen LogP contribution in [0.15, 0.2) is 55.0 Å². The number of halogens is 1. The van der Waals surface area contributed by atoms with Crippen molar-refractivity contribution in [2.75, 3.05) is 26.2 Å². The van der Waals surface area contributed by atoms with Gasteiger partial charge in [-0.3, -0.25) is 9.69 Å². The lowest BCUT2D eigenvalue weighted by atomic mass is 9.94. The molecule has 2 fully saturated rings. The second-order valence-electron chi connectivity index (χ2n) is 8.48. The molecule has 2 aliphatic rings. The number of amides is 1. The minimum absolute atomic E-state index is 0.000329. The third kappa shape index (κ3) is 4.02. The van der Waals surface area contributed by atoms with E-state index in [1.807, 2.05) is 34.0 Å². The Bertz CT molecular complexity index is 1010. The molecule has 3 heterocycles. The Kier molecular flexibility index (Phi) is 5.59. The normalized spacial score (nSPS) is 18.4. The molecule has 0 spiro atoms.